The Morgan fingerprint density at radius 1 is 1.48 bits per heavy atom. The molecule has 0 radical (unpaired) electrons. The largest absolute Gasteiger partial charge is 0.491 e. The van der Waals surface area contributed by atoms with E-state index in [0.717, 1.165) is 11.3 Å². The van der Waals surface area contributed by atoms with Crippen molar-refractivity contribution in [3.05, 3.63) is 29.8 Å². The third-order valence-electron chi connectivity index (χ3n) is 3.76. The van der Waals surface area contributed by atoms with Crippen LogP contribution in [0, 0.1) is 6.92 Å². The topological polar surface area (TPSA) is 66.8 Å². The van der Waals surface area contributed by atoms with Gasteiger partial charge < -0.3 is 9.84 Å². The van der Waals surface area contributed by atoms with Crippen molar-refractivity contribution >= 4 is 9.84 Å². The average Bonchev–Trinajstić information content (AvgIpc) is 2.77. The number of sulfone groups is 1. The van der Waals surface area contributed by atoms with E-state index >= 15 is 0 Å². The minimum Gasteiger partial charge on any atom is -0.491 e. The second kappa shape index (κ2) is 6.77. The van der Waals surface area contributed by atoms with Crippen molar-refractivity contribution in [2.75, 3.05) is 31.7 Å². The zero-order valence-corrected chi connectivity index (χ0v) is 13.3. The molecular weight excluding hydrogens is 290 g/mol. The predicted octanol–water partition coefficient (Wildman–Crippen LogP) is 0.854. The lowest BCUT2D eigenvalue weighted by Gasteiger charge is -2.25. The number of aliphatic hydroxyl groups excluding tert-OH is 1. The third kappa shape index (κ3) is 4.98. The summed E-state index contributed by atoms with van der Waals surface area (Å²) in [6.07, 6.45) is 0.00316. The molecule has 0 amide bonds. The van der Waals surface area contributed by atoms with Gasteiger partial charge in [0.05, 0.1) is 11.5 Å². The van der Waals surface area contributed by atoms with Gasteiger partial charge in [-0.3, -0.25) is 4.90 Å². The van der Waals surface area contributed by atoms with Gasteiger partial charge in [-0.2, -0.15) is 0 Å². The molecule has 1 saturated heterocycles. The summed E-state index contributed by atoms with van der Waals surface area (Å²) < 4.78 is 28.5. The summed E-state index contributed by atoms with van der Waals surface area (Å²) in [4.78, 5) is 1.91. The van der Waals surface area contributed by atoms with Gasteiger partial charge in [0, 0.05) is 12.6 Å². The van der Waals surface area contributed by atoms with Gasteiger partial charge in [-0.15, -0.1) is 0 Å². The molecule has 6 heteroatoms. The van der Waals surface area contributed by atoms with Gasteiger partial charge in [0.25, 0.3) is 0 Å². The van der Waals surface area contributed by atoms with Crippen LogP contribution >= 0.6 is 0 Å². The number of nitrogens with zero attached hydrogens (tertiary/aromatic N) is 1. The number of hydrogen-bond acceptors (Lipinski definition) is 5. The van der Waals surface area contributed by atoms with Gasteiger partial charge in [-0.1, -0.05) is 12.1 Å². The van der Waals surface area contributed by atoms with Crippen LogP contribution in [-0.4, -0.2) is 62.3 Å². The van der Waals surface area contributed by atoms with Crippen molar-refractivity contribution in [3.8, 4) is 5.75 Å². The Kier molecular flexibility index (Phi) is 5.24. The number of benzene rings is 1. The molecule has 1 aromatic carbocycles. The van der Waals surface area contributed by atoms with E-state index in [1.54, 1.807) is 0 Å². The van der Waals surface area contributed by atoms with Crippen molar-refractivity contribution in [1.82, 2.24) is 4.90 Å². The first-order chi connectivity index (χ1) is 9.85. The van der Waals surface area contributed by atoms with E-state index in [9.17, 15) is 13.5 Å². The summed E-state index contributed by atoms with van der Waals surface area (Å²) in [6, 6.07) is 7.67. The van der Waals surface area contributed by atoms with Crippen LogP contribution in [0.1, 0.15) is 12.0 Å². The normalized spacial score (nSPS) is 22.4. The summed E-state index contributed by atoms with van der Waals surface area (Å²) in [5, 5.41) is 10.0. The van der Waals surface area contributed by atoms with Crippen LogP contribution in [0.25, 0.3) is 0 Å². The van der Waals surface area contributed by atoms with E-state index < -0.39 is 15.9 Å². The monoisotopic (exact) mass is 313 g/mol. The molecule has 1 heterocycles. The van der Waals surface area contributed by atoms with Crippen LogP contribution in [0.15, 0.2) is 24.3 Å². The van der Waals surface area contributed by atoms with E-state index in [1.165, 1.54) is 0 Å². The summed E-state index contributed by atoms with van der Waals surface area (Å²) in [5.41, 5.74) is 1.11. The highest BCUT2D eigenvalue weighted by Gasteiger charge is 2.31. The maximum absolute atomic E-state index is 11.5. The second-order valence-corrected chi connectivity index (χ2v) is 8.01. The smallest absolute Gasteiger partial charge is 0.151 e. The van der Waals surface area contributed by atoms with Crippen LogP contribution < -0.4 is 4.74 Å². The first kappa shape index (κ1) is 16.3. The van der Waals surface area contributed by atoms with Crippen molar-refractivity contribution in [1.29, 1.82) is 0 Å². The number of hydrogen-bond donors (Lipinski definition) is 1. The Morgan fingerprint density at radius 2 is 2.24 bits per heavy atom. The molecule has 1 N–H and O–H groups in total. The quantitative estimate of drug-likeness (QED) is 0.843. The van der Waals surface area contributed by atoms with Crippen molar-refractivity contribution in [3.63, 3.8) is 0 Å². The molecule has 5 nitrogen and oxygen atoms in total. The molecule has 0 spiro atoms. The fourth-order valence-electron chi connectivity index (χ4n) is 2.55. The molecule has 0 bridgehead atoms. The molecule has 2 rings (SSSR count). The van der Waals surface area contributed by atoms with E-state index in [4.69, 9.17) is 4.74 Å². The van der Waals surface area contributed by atoms with Crippen LogP contribution in [0.2, 0.25) is 0 Å². The molecule has 1 aliphatic rings. The highest BCUT2D eigenvalue weighted by atomic mass is 32.2. The maximum Gasteiger partial charge on any atom is 0.151 e. The van der Waals surface area contributed by atoms with Crippen LogP contribution in [0.5, 0.6) is 5.75 Å². The molecule has 1 aromatic rings. The van der Waals surface area contributed by atoms with Crippen LogP contribution in [0.4, 0.5) is 0 Å². The molecule has 1 aliphatic heterocycles. The van der Waals surface area contributed by atoms with Gasteiger partial charge >= 0.3 is 0 Å². The number of rotatable bonds is 6. The maximum atomic E-state index is 11.5. The van der Waals surface area contributed by atoms with Crippen LogP contribution in [-0.2, 0) is 9.84 Å². The van der Waals surface area contributed by atoms with Crippen molar-refractivity contribution in [2.24, 2.45) is 0 Å². The lowest BCUT2D eigenvalue weighted by molar-refractivity contribution is 0.0664. The lowest BCUT2D eigenvalue weighted by atomic mass is 10.2. The summed E-state index contributed by atoms with van der Waals surface area (Å²) in [6.45, 7) is 2.59. The average molecular weight is 313 g/mol. The SMILES string of the molecule is Cc1cccc(OC[C@H](O)CN(C)[C@H]2CCS(=O)(=O)C2)c1. The Hall–Kier alpha value is -1.11. The number of aryl methyl sites for hydroxylation is 1. The standard InChI is InChI=1S/C15H23NO4S/c1-12-4-3-5-15(8-12)20-10-14(17)9-16(2)13-6-7-21(18,19)11-13/h3-5,8,13-14,17H,6-7,9-11H2,1-2H3/t13-,14+/m0/s1. The molecule has 0 unspecified atom stereocenters. The molecule has 0 aromatic heterocycles. The van der Waals surface area contributed by atoms with Gasteiger partial charge in [0.1, 0.15) is 18.5 Å². The summed E-state index contributed by atoms with van der Waals surface area (Å²) in [7, 11) is -1.04. The zero-order chi connectivity index (χ0) is 15.5. The van der Waals surface area contributed by atoms with Crippen molar-refractivity contribution < 1.29 is 18.3 Å². The third-order valence-corrected chi connectivity index (χ3v) is 5.51. The summed E-state index contributed by atoms with van der Waals surface area (Å²) in [5.74, 6) is 1.17. The number of ether oxygens (including phenoxy) is 1. The van der Waals surface area contributed by atoms with Gasteiger partial charge in [-0.25, -0.2) is 8.42 Å². The molecule has 0 aliphatic carbocycles. The Morgan fingerprint density at radius 3 is 2.86 bits per heavy atom. The molecule has 21 heavy (non-hydrogen) atoms. The Balaban J connectivity index is 1.78. The predicted molar refractivity (Wildman–Crippen MR) is 82.4 cm³/mol. The molecule has 118 valence electrons. The fraction of sp³-hybridized carbons (Fsp3) is 0.600. The minimum absolute atomic E-state index is 0.00335. The first-order valence-electron chi connectivity index (χ1n) is 7.14. The van der Waals surface area contributed by atoms with Gasteiger partial charge in [-0.05, 0) is 38.1 Å². The minimum atomic E-state index is -2.89. The van der Waals surface area contributed by atoms with E-state index in [0.29, 0.717) is 13.0 Å². The molecule has 0 saturated carbocycles. The van der Waals surface area contributed by atoms with E-state index in [-0.39, 0.29) is 24.2 Å². The summed E-state index contributed by atoms with van der Waals surface area (Å²) >= 11 is 0. The molecule has 1 fully saturated rings. The molecular formula is C15H23NO4S. The van der Waals surface area contributed by atoms with Crippen LogP contribution in [0.3, 0.4) is 0 Å². The van der Waals surface area contributed by atoms with E-state index in [1.807, 2.05) is 43.1 Å². The fourth-order valence-corrected chi connectivity index (χ4v) is 4.36. The Labute approximate surface area is 126 Å². The highest BCUT2D eigenvalue weighted by Crippen LogP contribution is 2.17. The van der Waals surface area contributed by atoms with Gasteiger partial charge in [0.2, 0.25) is 0 Å². The number of aliphatic hydroxyl groups is 1. The number of likely N-dealkylation sites (N-methyl/N-ethyl adjacent to an activating group) is 1. The van der Waals surface area contributed by atoms with E-state index in [2.05, 4.69) is 0 Å². The first-order valence-corrected chi connectivity index (χ1v) is 8.96. The molecule has 2 atom stereocenters. The van der Waals surface area contributed by atoms with Crippen molar-refractivity contribution in [2.45, 2.75) is 25.5 Å². The highest BCUT2D eigenvalue weighted by molar-refractivity contribution is 7.91. The Bertz CT molecular complexity index is 573. The zero-order valence-electron chi connectivity index (χ0n) is 12.5. The lowest BCUT2D eigenvalue weighted by Crippen LogP contribution is -2.40. The second-order valence-electron chi connectivity index (χ2n) is 5.78. The van der Waals surface area contributed by atoms with Gasteiger partial charge in [0.15, 0.2) is 9.84 Å².